The molecule has 0 bridgehead atoms. The highest BCUT2D eigenvalue weighted by atomic mass is 35.5. The number of nitriles is 1. The van der Waals surface area contributed by atoms with Crippen molar-refractivity contribution in [3.8, 4) is 6.07 Å². The molecule has 0 amide bonds. The summed E-state index contributed by atoms with van der Waals surface area (Å²) in [6.45, 7) is 0. The largest absolute Gasteiger partial charge is 0.191 e. The third kappa shape index (κ3) is 2.55. The number of hydrogen-bond acceptors (Lipinski definition) is 1. The molecule has 0 unspecified atom stereocenters. The molecule has 0 aliphatic heterocycles. The first-order chi connectivity index (χ1) is 8.33. The van der Waals surface area contributed by atoms with Crippen molar-refractivity contribution in [3.63, 3.8) is 0 Å². The summed E-state index contributed by atoms with van der Waals surface area (Å²) in [6.07, 6.45) is 0. The molecule has 0 aromatic heterocycles. The van der Waals surface area contributed by atoms with Gasteiger partial charge in [-0.05, 0) is 11.1 Å². The van der Waals surface area contributed by atoms with E-state index >= 15 is 0 Å². The van der Waals surface area contributed by atoms with Gasteiger partial charge < -0.3 is 0 Å². The van der Waals surface area contributed by atoms with Crippen LogP contribution in [0.2, 0.25) is 0 Å². The van der Waals surface area contributed by atoms with Gasteiger partial charge >= 0.3 is 0 Å². The molecular weight excluding hydrogens is 230 g/mol. The van der Waals surface area contributed by atoms with E-state index in [9.17, 15) is 0 Å². The lowest BCUT2D eigenvalue weighted by Crippen LogP contribution is -1.89. The lowest BCUT2D eigenvalue weighted by molar-refractivity contribution is 1.50. The van der Waals surface area contributed by atoms with Crippen molar-refractivity contribution in [1.29, 1.82) is 5.26 Å². The molecule has 0 saturated carbocycles. The van der Waals surface area contributed by atoms with Crippen LogP contribution in [0, 0.1) is 11.3 Å². The predicted molar refractivity (Wildman–Crippen MR) is 70.4 cm³/mol. The van der Waals surface area contributed by atoms with Crippen LogP contribution < -0.4 is 0 Å². The van der Waals surface area contributed by atoms with Gasteiger partial charge in [-0.25, -0.2) is 0 Å². The quantitative estimate of drug-likeness (QED) is 0.721. The highest BCUT2D eigenvalue weighted by molar-refractivity contribution is 6.35. The average molecular weight is 240 g/mol. The first kappa shape index (κ1) is 11.4. The van der Waals surface area contributed by atoms with E-state index in [1.807, 2.05) is 66.7 Å². The van der Waals surface area contributed by atoms with Gasteiger partial charge in [0.05, 0.1) is 0 Å². The minimum atomic E-state index is 0.211. The summed E-state index contributed by atoms with van der Waals surface area (Å²) in [4.78, 5) is 0. The summed E-state index contributed by atoms with van der Waals surface area (Å²) < 4.78 is 0. The van der Waals surface area contributed by atoms with Crippen molar-refractivity contribution in [2.45, 2.75) is 0 Å². The molecular formula is C15H10ClN. The van der Waals surface area contributed by atoms with Crippen molar-refractivity contribution in [2.24, 2.45) is 0 Å². The monoisotopic (exact) mass is 239 g/mol. The maximum Gasteiger partial charge on any atom is 0.126 e. The van der Waals surface area contributed by atoms with Crippen molar-refractivity contribution in [3.05, 3.63) is 76.8 Å². The summed E-state index contributed by atoms with van der Waals surface area (Å²) in [5, 5.41) is 9.20. The first-order valence-corrected chi connectivity index (χ1v) is 5.61. The van der Waals surface area contributed by atoms with Crippen molar-refractivity contribution in [2.75, 3.05) is 0 Å². The Morgan fingerprint density at radius 1 is 0.824 bits per heavy atom. The third-order valence-electron chi connectivity index (χ3n) is 2.44. The standard InChI is InChI=1S/C15H10ClN/c16-14(11-17)15(12-7-3-1-4-8-12)13-9-5-2-6-10-13/h1-10H. The van der Waals surface area contributed by atoms with Crippen LogP contribution in [0.4, 0.5) is 0 Å². The van der Waals surface area contributed by atoms with E-state index in [0.29, 0.717) is 0 Å². The summed E-state index contributed by atoms with van der Waals surface area (Å²) >= 11 is 6.02. The molecule has 0 atom stereocenters. The molecule has 2 heteroatoms. The van der Waals surface area contributed by atoms with E-state index in [-0.39, 0.29) is 5.03 Å². The van der Waals surface area contributed by atoms with E-state index in [1.165, 1.54) is 0 Å². The molecule has 2 aromatic rings. The summed E-state index contributed by atoms with van der Waals surface area (Å²) in [7, 11) is 0. The minimum absolute atomic E-state index is 0.211. The lowest BCUT2D eigenvalue weighted by atomic mass is 9.98. The van der Waals surface area contributed by atoms with Crippen LogP contribution >= 0.6 is 11.6 Å². The highest BCUT2D eigenvalue weighted by Gasteiger charge is 2.09. The van der Waals surface area contributed by atoms with Crippen LogP contribution in [0.3, 0.4) is 0 Å². The number of halogens is 1. The van der Waals surface area contributed by atoms with E-state index < -0.39 is 0 Å². The molecule has 0 saturated heterocycles. The van der Waals surface area contributed by atoms with Crippen molar-refractivity contribution >= 4 is 17.2 Å². The van der Waals surface area contributed by atoms with Crippen molar-refractivity contribution < 1.29 is 0 Å². The van der Waals surface area contributed by atoms with Gasteiger partial charge in [0.1, 0.15) is 11.1 Å². The summed E-state index contributed by atoms with van der Waals surface area (Å²) in [5.74, 6) is 0. The first-order valence-electron chi connectivity index (χ1n) is 5.23. The van der Waals surface area contributed by atoms with Gasteiger partial charge in [-0.3, -0.25) is 0 Å². The number of nitrogens with zero attached hydrogens (tertiary/aromatic N) is 1. The molecule has 2 rings (SSSR count). The maximum atomic E-state index is 8.99. The SMILES string of the molecule is N#CC(Cl)=C(c1ccccc1)c1ccccc1. The molecule has 0 N–H and O–H groups in total. The molecule has 82 valence electrons. The van der Waals surface area contributed by atoms with Crippen LogP contribution in [0.5, 0.6) is 0 Å². The third-order valence-corrected chi connectivity index (χ3v) is 2.72. The second-order valence-electron chi connectivity index (χ2n) is 3.53. The lowest BCUT2D eigenvalue weighted by Gasteiger charge is -2.08. The number of benzene rings is 2. The normalized spacial score (nSPS) is 9.41. The van der Waals surface area contributed by atoms with Gasteiger partial charge in [-0.15, -0.1) is 0 Å². The topological polar surface area (TPSA) is 23.8 Å². The van der Waals surface area contributed by atoms with Gasteiger partial charge in [0.2, 0.25) is 0 Å². The molecule has 0 spiro atoms. The van der Waals surface area contributed by atoms with Crippen LogP contribution in [0.1, 0.15) is 11.1 Å². The molecule has 0 fully saturated rings. The molecule has 0 radical (unpaired) electrons. The molecule has 2 aromatic carbocycles. The van der Waals surface area contributed by atoms with E-state index in [1.54, 1.807) is 0 Å². The molecule has 1 nitrogen and oxygen atoms in total. The highest BCUT2D eigenvalue weighted by Crippen LogP contribution is 2.28. The average Bonchev–Trinajstić information content (AvgIpc) is 2.41. The van der Waals surface area contributed by atoms with Crippen LogP contribution in [-0.2, 0) is 0 Å². The fourth-order valence-electron chi connectivity index (χ4n) is 1.69. The van der Waals surface area contributed by atoms with Gasteiger partial charge in [0, 0.05) is 5.57 Å². The second-order valence-corrected chi connectivity index (χ2v) is 3.91. The van der Waals surface area contributed by atoms with Gasteiger partial charge in [0.15, 0.2) is 0 Å². The Balaban J connectivity index is 2.61. The van der Waals surface area contributed by atoms with Crippen molar-refractivity contribution in [1.82, 2.24) is 0 Å². The van der Waals surface area contributed by atoms with Crippen LogP contribution in [0.25, 0.3) is 5.57 Å². The van der Waals surface area contributed by atoms with Gasteiger partial charge in [0.25, 0.3) is 0 Å². The van der Waals surface area contributed by atoms with Gasteiger partial charge in [-0.1, -0.05) is 72.3 Å². The second kappa shape index (κ2) is 5.34. The maximum absolute atomic E-state index is 8.99. The fraction of sp³-hybridized carbons (Fsp3) is 0. The zero-order chi connectivity index (χ0) is 12.1. The number of rotatable bonds is 2. The Hall–Kier alpha value is -2.04. The van der Waals surface area contributed by atoms with E-state index in [0.717, 1.165) is 16.7 Å². The Bertz CT molecular complexity index is 523. The Morgan fingerprint density at radius 2 is 1.24 bits per heavy atom. The zero-order valence-corrected chi connectivity index (χ0v) is 9.85. The molecule has 0 aliphatic rings. The fourth-order valence-corrected chi connectivity index (χ4v) is 1.90. The zero-order valence-electron chi connectivity index (χ0n) is 9.10. The van der Waals surface area contributed by atoms with E-state index in [2.05, 4.69) is 0 Å². The Kier molecular flexibility index (Phi) is 3.59. The molecule has 0 aliphatic carbocycles. The minimum Gasteiger partial charge on any atom is -0.191 e. The Labute approximate surface area is 106 Å². The van der Waals surface area contributed by atoms with Crippen LogP contribution in [-0.4, -0.2) is 0 Å². The van der Waals surface area contributed by atoms with E-state index in [4.69, 9.17) is 16.9 Å². The number of hydrogen-bond donors (Lipinski definition) is 0. The molecule has 17 heavy (non-hydrogen) atoms. The van der Waals surface area contributed by atoms with Crippen LogP contribution in [0.15, 0.2) is 65.7 Å². The summed E-state index contributed by atoms with van der Waals surface area (Å²) in [5.41, 5.74) is 2.67. The smallest absolute Gasteiger partial charge is 0.126 e. The molecule has 0 heterocycles. The predicted octanol–water partition coefficient (Wildman–Crippen LogP) is 4.21. The summed E-state index contributed by atoms with van der Waals surface area (Å²) in [6, 6.07) is 21.4. The van der Waals surface area contributed by atoms with Gasteiger partial charge in [-0.2, -0.15) is 5.26 Å². The number of allylic oxidation sites excluding steroid dienone is 1. The Morgan fingerprint density at radius 3 is 1.59 bits per heavy atom.